The molecule has 308 valence electrons. The molecule has 2 unspecified atom stereocenters. The van der Waals surface area contributed by atoms with Crippen LogP contribution in [0.2, 0.25) is 10.0 Å². The van der Waals surface area contributed by atoms with E-state index in [0.29, 0.717) is 21.9 Å². The molecule has 0 bridgehead atoms. The number of amides is 2. The standard InChI is InChI=1S/2C25H24ClFN2O/c2*26-17-1-4-19(5-2-17)29-24(30)22-9-13-25(22)11-7-16(8-12-25)20-10-14-28-23-6-3-18(27)15-21(20)23/h2*1-6,10,14-16,22H,7-9,11-13H2,(H,29,30). The highest BCUT2D eigenvalue weighted by atomic mass is 35.5. The van der Waals surface area contributed by atoms with E-state index in [9.17, 15) is 18.4 Å². The Labute approximate surface area is 359 Å². The van der Waals surface area contributed by atoms with Crippen molar-refractivity contribution in [1.82, 2.24) is 9.97 Å². The van der Waals surface area contributed by atoms with Crippen LogP contribution in [0.25, 0.3) is 21.8 Å². The molecule has 2 heterocycles. The van der Waals surface area contributed by atoms with E-state index in [1.165, 1.54) is 23.3 Å². The largest absolute Gasteiger partial charge is 0.326 e. The van der Waals surface area contributed by atoms with E-state index in [1.807, 2.05) is 48.8 Å². The van der Waals surface area contributed by atoms with Gasteiger partial charge < -0.3 is 10.6 Å². The molecule has 4 saturated carbocycles. The van der Waals surface area contributed by atoms with Gasteiger partial charge in [0.1, 0.15) is 11.6 Å². The third-order valence-corrected chi connectivity index (χ3v) is 15.0. The Bertz CT molecular complexity index is 2360. The number of nitrogens with one attached hydrogen (secondary N) is 2. The summed E-state index contributed by atoms with van der Waals surface area (Å²) in [7, 11) is 0. The number of fused-ring (bicyclic) bond motifs is 2. The smallest absolute Gasteiger partial charge is 0.228 e. The first-order valence-corrected chi connectivity index (χ1v) is 22.0. The number of hydrogen-bond acceptors (Lipinski definition) is 4. The summed E-state index contributed by atoms with van der Waals surface area (Å²) >= 11 is 11.9. The first-order valence-electron chi connectivity index (χ1n) is 21.3. The molecule has 0 aliphatic heterocycles. The van der Waals surface area contributed by atoms with Gasteiger partial charge in [0.2, 0.25) is 11.8 Å². The number of carbonyl (C=O) groups excluding carboxylic acids is 2. The van der Waals surface area contributed by atoms with Crippen molar-refractivity contribution in [2.75, 3.05) is 10.6 Å². The Morgan fingerprint density at radius 3 is 1.23 bits per heavy atom. The molecule has 2 aromatic heterocycles. The van der Waals surface area contributed by atoms with Gasteiger partial charge in [-0.25, -0.2) is 8.78 Å². The first-order chi connectivity index (χ1) is 29.1. The Kier molecular flexibility index (Phi) is 11.4. The topological polar surface area (TPSA) is 84.0 Å². The van der Waals surface area contributed by atoms with Crippen LogP contribution in [-0.2, 0) is 9.59 Å². The van der Waals surface area contributed by atoms with Crippen molar-refractivity contribution in [3.63, 3.8) is 0 Å². The third-order valence-electron chi connectivity index (χ3n) is 14.5. The minimum absolute atomic E-state index is 0.0701. The van der Waals surface area contributed by atoms with Crippen LogP contribution in [0, 0.1) is 34.3 Å². The minimum atomic E-state index is -0.220. The normalized spacial score (nSPS) is 25.8. The van der Waals surface area contributed by atoms with Gasteiger partial charge >= 0.3 is 0 Å². The lowest BCUT2D eigenvalue weighted by Gasteiger charge is -2.52. The summed E-state index contributed by atoms with van der Waals surface area (Å²) in [4.78, 5) is 34.6. The second-order valence-corrected chi connectivity index (χ2v) is 18.4. The van der Waals surface area contributed by atoms with Crippen LogP contribution >= 0.6 is 23.2 Å². The summed E-state index contributed by atoms with van der Waals surface area (Å²) in [6.45, 7) is 0. The fourth-order valence-electron chi connectivity index (χ4n) is 10.9. The Balaban J connectivity index is 0.000000154. The summed E-state index contributed by atoms with van der Waals surface area (Å²) in [6, 6.07) is 28.3. The number of carbonyl (C=O) groups is 2. The van der Waals surface area contributed by atoms with Gasteiger partial charge in [-0.3, -0.25) is 19.6 Å². The lowest BCUT2D eigenvalue weighted by molar-refractivity contribution is -0.134. The molecular formula is C50H48Cl2F2N4O2. The third kappa shape index (κ3) is 8.13. The van der Waals surface area contributed by atoms with Crippen molar-refractivity contribution in [3.05, 3.63) is 142 Å². The molecule has 2 amide bonds. The van der Waals surface area contributed by atoms with E-state index < -0.39 is 0 Å². The lowest BCUT2D eigenvalue weighted by Crippen LogP contribution is -2.48. The number of pyridine rings is 2. The van der Waals surface area contributed by atoms with Crippen molar-refractivity contribution in [1.29, 1.82) is 0 Å². The molecule has 60 heavy (non-hydrogen) atoms. The lowest BCUT2D eigenvalue weighted by atomic mass is 9.52. The Hall–Kier alpha value is -4.92. The van der Waals surface area contributed by atoms with Gasteiger partial charge in [-0.05, 0) is 208 Å². The van der Waals surface area contributed by atoms with E-state index in [4.69, 9.17) is 23.2 Å². The maximum Gasteiger partial charge on any atom is 0.228 e. The number of anilines is 2. The zero-order chi connectivity index (χ0) is 41.4. The Morgan fingerprint density at radius 2 is 0.883 bits per heavy atom. The summed E-state index contributed by atoms with van der Waals surface area (Å²) in [5.74, 6) is 0.731. The van der Waals surface area contributed by atoms with Crippen molar-refractivity contribution in [2.24, 2.45) is 22.7 Å². The second-order valence-electron chi connectivity index (χ2n) is 17.6. The number of halogens is 4. The quantitative estimate of drug-likeness (QED) is 0.175. The molecular weight excluding hydrogens is 797 g/mol. The molecule has 2 atom stereocenters. The number of hydrogen-bond donors (Lipinski definition) is 2. The predicted octanol–water partition coefficient (Wildman–Crippen LogP) is 13.4. The van der Waals surface area contributed by atoms with Crippen molar-refractivity contribution in [3.8, 4) is 0 Å². The van der Waals surface area contributed by atoms with Gasteiger partial charge in [-0.1, -0.05) is 23.2 Å². The number of benzene rings is 4. The Morgan fingerprint density at radius 1 is 0.517 bits per heavy atom. The number of rotatable bonds is 6. The molecule has 2 N–H and O–H groups in total. The molecule has 2 spiro atoms. The zero-order valence-electron chi connectivity index (χ0n) is 33.4. The summed E-state index contributed by atoms with van der Waals surface area (Å²) in [6.07, 6.45) is 16.0. The van der Waals surface area contributed by atoms with Crippen LogP contribution in [0.1, 0.15) is 100 Å². The highest BCUT2D eigenvalue weighted by Gasteiger charge is 2.53. The van der Waals surface area contributed by atoms with Crippen LogP contribution in [-0.4, -0.2) is 21.8 Å². The SMILES string of the molecule is O=C(Nc1ccc(Cl)cc1)C1CCC12CCC(c1ccnc3ccc(F)cc13)CC2.O=C(Nc1ccc(Cl)cc1)C1CCC12CCC(c1ccnc3ccc(F)cc13)CC2. The maximum atomic E-state index is 13.8. The molecule has 6 nitrogen and oxygen atoms in total. The van der Waals surface area contributed by atoms with E-state index in [0.717, 1.165) is 110 Å². The van der Waals surface area contributed by atoms with Crippen molar-refractivity contribution in [2.45, 2.75) is 88.9 Å². The molecule has 10 rings (SSSR count). The van der Waals surface area contributed by atoms with Gasteiger partial charge in [-0.15, -0.1) is 0 Å². The molecule has 4 aromatic carbocycles. The van der Waals surface area contributed by atoms with Gasteiger partial charge in [0.15, 0.2) is 0 Å². The zero-order valence-corrected chi connectivity index (χ0v) is 34.9. The molecule has 0 saturated heterocycles. The maximum absolute atomic E-state index is 13.8. The summed E-state index contributed by atoms with van der Waals surface area (Å²) in [5, 5.41) is 9.30. The van der Waals surface area contributed by atoms with E-state index in [1.54, 1.807) is 48.5 Å². The van der Waals surface area contributed by atoms with E-state index in [-0.39, 0.29) is 46.1 Å². The highest BCUT2D eigenvalue weighted by molar-refractivity contribution is 6.31. The second kappa shape index (κ2) is 16.9. The minimum Gasteiger partial charge on any atom is -0.326 e. The van der Waals surface area contributed by atoms with Gasteiger partial charge in [-0.2, -0.15) is 0 Å². The van der Waals surface area contributed by atoms with Gasteiger partial charge in [0.05, 0.1) is 11.0 Å². The average molecular weight is 846 g/mol. The molecule has 4 aliphatic rings. The van der Waals surface area contributed by atoms with Crippen LogP contribution in [0.4, 0.5) is 20.2 Å². The fourth-order valence-corrected chi connectivity index (χ4v) is 11.2. The van der Waals surface area contributed by atoms with Gasteiger partial charge in [0.25, 0.3) is 0 Å². The van der Waals surface area contributed by atoms with Gasteiger partial charge in [0, 0.05) is 56.4 Å². The van der Waals surface area contributed by atoms with Crippen LogP contribution in [0.15, 0.2) is 109 Å². The predicted molar refractivity (Wildman–Crippen MR) is 236 cm³/mol. The summed E-state index contributed by atoms with van der Waals surface area (Å²) < 4.78 is 27.7. The van der Waals surface area contributed by atoms with Crippen molar-refractivity contribution >= 4 is 68.2 Å². The molecule has 10 heteroatoms. The summed E-state index contributed by atoms with van der Waals surface area (Å²) in [5.41, 5.74) is 5.89. The van der Waals surface area contributed by atoms with E-state index in [2.05, 4.69) is 20.6 Å². The monoisotopic (exact) mass is 844 g/mol. The van der Waals surface area contributed by atoms with Crippen LogP contribution in [0.5, 0.6) is 0 Å². The molecule has 0 radical (unpaired) electrons. The molecule has 4 aliphatic carbocycles. The number of nitrogens with zero attached hydrogens (tertiary/aromatic N) is 2. The average Bonchev–Trinajstić information content (AvgIpc) is 3.24. The first kappa shape index (κ1) is 40.5. The molecule has 4 fully saturated rings. The van der Waals surface area contributed by atoms with E-state index >= 15 is 0 Å². The molecule has 6 aromatic rings. The highest BCUT2D eigenvalue weighted by Crippen LogP contribution is 2.60. The number of aromatic nitrogens is 2. The van der Waals surface area contributed by atoms with Crippen molar-refractivity contribution < 1.29 is 18.4 Å². The van der Waals surface area contributed by atoms with Crippen LogP contribution in [0.3, 0.4) is 0 Å². The fraction of sp³-hybridized carbons (Fsp3) is 0.360. The van der Waals surface area contributed by atoms with Crippen LogP contribution < -0.4 is 10.6 Å².